The molecule has 0 N–H and O–H groups in total. The second kappa shape index (κ2) is 4.27. The zero-order chi connectivity index (χ0) is 8.93. The Hall–Kier alpha value is -1.04. The summed E-state index contributed by atoms with van der Waals surface area (Å²) in [4.78, 5) is 0. The lowest BCUT2D eigenvalue weighted by Crippen LogP contribution is -1.94. The molecule has 1 radical (unpaired) electrons. The average Bonchev–Trinajstić information content (AvgIpc) is 2.47. The Labute approximate surface area is 80.3 Å². The average molecular weight is 171 g/mol. The van der Waals surface area contributed by atoms with Crippen molar-refractivity contribution in [3.05, 3.63) is 47.6 Å². The van der Waals surface area contributed by atoms with E-state index in [1.165, 1.54) is 36.8 Å². The third-order valence-corrected chi connectivity index (χ3v) is 2.56. The third kappa shape index (κ3) is 2.21. The SMILES string of the molecule is [C]1=C(C2=CCCCC2)C=CC=CC1. The molecule has 2 aliphatic rings. The normalized spacial score (nSPS) is 22.2. The van der Waals surface area contributed by atoms with Crippen molar-refractivity contribution in [1.29, 1.82) is 0 Å². The first-order chi connectivity index (χ1) is 6.47. The third-order valence-electron chi connectivity index (χ3n) is 2.56. The van der Waals surface area contributed by atoms with Crippen molar-refractivity contribution in [1.82, 2.24) is 0 Å². The first-order valence-electron chi connectivity index (χ1n) is 5.10. The van der Waals surface area contributed by atoms with E-state index in [-0.39, 0.29) is 0 Å². The van der Waals surface area contributed by atoms with Crippen molar-refractivity contribution in [3.8, 4) is 0 Å². The van der Waals surface area contributed by atoms with Gasteiger partial charge in [-0.2, -0.15) is 0 Å². The van der Waals surface area contributed by atoms with Gasteiger partial charge in [-0.25, -0.2) is 0 Å². The molecule has 2 aliphatic carbocycles. The zero-order valence-corrected chi connectivity index (χ0v) is 7.92. The minimum atomic E-state index is 0.958. The highest BCUT2D eigenvalue weighted by atomic mass is 14.1. The van der Waals surface area contributed by atoms with Crippen molar-refractivity contribution in [3.63, 3.8) is 0 Å². The Morgan fingerprint density at radius 1 is 1.15 bits per heavy atom. The van der Waals surface area contributed by atoms with E-state index in [1.807, 2.05) is 0 Å². The predicted octanol–water partition coefficient (Wildman–Crippen LogP) is 3.73. The summed E-state index contributed by atoms with van der Waals surface area (Å²) in [5.41, 5.74) is 2.83. The van der Waals surface area contributed by atoms with Crippen LogP contribution in [0.5, 0.6) is 0 Å². The highest BCUT2D eigenvalue weighted by Gasteiger charge is 2.06. The van der Waals surface area contributed by atoms with Crippen LogP contribution in [0.15, 0.2) is 41.5 Å². The molecule has 67 valence electrons. The Bertz CT molecular complexity index is 287. The van der Waals surface area contributed by atoms with Crippen LogP contribution in [-0.4, -0.2) is 0 Å². The lowest BCUT2D eigenvalue weighted by molar-refractivity contribution is 0.707. The van der Waals surface area contributed by atoms with Gasteiger partial charge in [0.2, 0.25) is 0 Å². The van der Waals surface area contributed by atoms with Gasteiger partial charge < -0.3 is 0 Å². The Morgan fingerprint density at radius 3 is 3.00 bits per heavy atom. The smallest absolute Gasteiger partial charge is 0.00852 e. The van der Waals surface area contributed by atoms with Gasteiger partial charge in [0, 0.05) is 0 Å². The number of hydrogen-bond donors (Lipinski definition) is 0. The summed E-state index contributed by atoms with van der Waals surface area (Å²) in [7, 11) is 0. The zero-order valence-electron chi connectivity index (χ0n) is 7.92. The monoisotopic (exact) mass is 171 g/mol. The molecule has 0 aromatic rings. The van der Waals surface area contributed by atoms with Crippen LogP contribution in [0.4, 0.5) is 0 Å². The molecule has 0 aliphatic heterocycles. The number of rotatable bonds is 1. The van der Waals surface area contributed by atoms with Gasteiger partial charge in [-0.3, -0.25) is 0 Å². The lowest BCUT2D eigenvalue weighted by Gasteiger charge is -2.12. The van der Waals surface area contributed by atoms with Crippen LogP contribution in [0.3, 0.4) is 0 Å². The van der Waals surface area contributed by atoms with Crippen molar-refractivity contribution >= 4 is 0 Å². The summed E-state index contributed by atoms with van der Waals surface area (Å²) in [5, 5.41) is 0. The Kier molecular flexibility index (Phi) is 2.81. The maximum absolute atomic E-state index is 3.43. The Balaban J connectivity index is 2.15. The molecule has 0 spiro atoms. The summed E-state index contributed by atoms with van der Waals surface area (Å²) in [6, 6.07) is 0. The van der Waals surface area contributed by atoms with E-state index >= 15 is 0 Å². The van der Waals surface area contributed by atoms with Crippen LogP contribution >= 0.6 is 0 Å². The largest absolute Gasteiger partial charge is 0.0807 e. The van der Waals surface area contributed by atoms with Gasteiger partial charge in [0.05, 0.1) is 0 Å². The van der Waals surface area contributed by atoms with Gasteiger partial charge in [-0.15, -0.1) is 0 Å². The highest BCUT2D eigenvalue weighted by molar-refractivity contribution is 5.41. The molecule has 0 aromatic carbocycles. The fourth-order valence-electron chi connectivity index (χ4n) is 1.83. The molecule has 0 heterocycles. The second-order valence-electron chi connectivity index (χ2n) is 3.56. The minimum absolute atomic E-state index is 0.958. The van der Waals surface area contributed by atoms with Crippen LogP contribution in [0.1, 0.15) is 32.1 Å². The fraction of sp³-hybridized carbons (Fsp3) is 0.385. The standard InChI is InChI=1S/C13H15/c1-2-5-9-12(8-4-1)13-10-6-3-7-11-13/h1-2,4,8,10H,3,5-7,11H2. The van der Waals surface area contributed by atoms with Gasteiger partial charge in [0.25, 0.3) is 0 Å². The van der Waals surface area contributed by atoms with Crippen LogP contribution in [0.2, 0.25) is 0 Å². The Morgan fingerprint density at radius 2 is 2.15 bits per heavy atom. The molecule has 0 saturated heterocycles. The first-order valence-corrected chi connectivity index (χ1v) is 5.10. The van der Waals surface area contributed by atoms with Crippen molar-refractivity contribution in [2.24, 2.45) is 0 Å². The number of hydrogen-bond acceptors (Lipinski definition) is 0. The molecule has 0 nitrogen and oxygen atoms in total. The minimum Gasteiger partial charge on any atom is -0.0807 e. The maximum atomic E-state index is 3.43. The van der Waals surface area contributed by atoms with Crippen molar-refractivity contribution in [2.45, 2.75) is 32.1 Å². The first kappa shape index (κ1) is 8.55. The molecule has 0 atom stereocenters. The molecule has 0 amide bonds. The van der Waals surface area contributed by atoms with Crippen molar-refractivity contribution < 1.29 is 0 Å². The molecule has 0 aromatic heterocycles. The molecule has 2 rings (SSSR count). The number of allylic oxidation sites excluding steroid dienone is 8. The topological polar surface area (TPSA) is 0 Å². The van der Waals surface area contributed by atoms with E-state index in [9.17, 15) is 0 Å². The van der Waals surface area contributed by atoms with Crippen LogP contribution in [-0.2, 0) is 0 Å². The predicted molar refractivity (Wildman–Crippen MR) is 56.2 cm³/mol. The molecular formula is C13H15. The quantitative estimate of drug-likeness (QED) is 0.564. The van der Waals surface area contributed by atoms with Gasteiger partial charge in [0.15, 0.2) is 0 Å². The summed E-state index contributed by atoms with van der Waals surface area (Å²) in [6.07, 6.45) is 20.5. The molecule has 0 saturated carbocycles. The lowest BCUT2D eigenvalue weighted by atomic mass is 9.93. The second-order valence-corrected chi connectivity index (χ2v) is 3.56. The van der Waals surface area contributed by atoms with E-state index in [0.717, 1.165) is 6.42 Å². The molecule has 0 bridgehead atoms. The molecule has 0 fully saturated rings. The molecule has 13 heavy (non-hydrogen) atoms. The van der Waals surface area contributed by atoms with Crippen LogP contribution in [0.25, 0.3) is 0 Å². The van der Waals surface area contributed by atoms with E-state index in [4.69, 9.17) is 0 Å². The van der Waals surface area contributed by atoms with Crippen molar-refractivity contribution in [2.75, 3.05) is 0 Å². The molecule has 0 unspecified atom stereocenters. The van der Waals surface area contributed by atoms with Gasteiger partial charge >= 0.3 is 0 Å². The molecule has 0 heteroatoms. The van der Waals surface area contributed by atoms with E-state index in [1.54, 1.807) is 0 Å². The highest BCUT2D eigenvalue weighted by Crippen LogP contribution is 2.25. The molecular weight excluding hydrogens is 156 g/mol. The summed E-state index contributed by atoms with van der Waals surface area (Å²) < 4.78 is 0. The fourth-order valence-corrected chi connectivity index (χ4v) is 1.83. The van der Waals surface area contributed by atoms with Crippen LogP contribution in [0, 0.1) is 6.08 Å². The van der Waals surface area contributed by atoms with Gasteiger partial charge in [-0.1, -0.05) is 30.4 Å². The van der Waals surface area contributed by atoms with E-state index in [2.05, 4.69) is 36.5 Å². The van der Waals surface area contributed by atoms with E-state index in [0.29, 0.717) is 0 Å². The summed E-state index contributed by atoms with van der Waals surface area (Å²) >= 11 is 0. The van der Waals surface area contributed by atoms with Gasteiger partial charge in [0.1, 0.15) is 0 Å². The summed E-state index contributed by atoms with van der Waals surface area (Å²) in [5.74, 6) is 0. The van der Waals surface area contributed by atoms with Gasteiger partial charge in [-0.05, 0) is 49.3 Å². The maximum Gasteiger partial charge on any atom is -0.00852 e. The van der Waals surface area contributed by atoms with E-state index < -0.39 is 0 Å². The summed E-state index contributed by atoms with van der Waals surface area (Å²) in [6.45, 7) is 0. The van der Waals surface area contributed by atoms with Crippen LogP contribution < -0.4 is 0 Å².